The lowest BCUT2D eigenvalue weighted by molar-refractivity contribution is 0.0699. The molecule has 106 valence electrons. The number of aromatic hydroxyl groups is 1. The molecule has 21 heavy (non-hydrogen) atoms. The first-order valence-corrected chi connectivity index (χ1v) is 7.12. The number of phenols is 1. The van der Waals surface area contributed by atoms with E-state index >= 15 is 0 Å². The predicted octanol–water partition coefficient (Wildman–Crippen LogP) is 3.88. The standard InChI is InChI=1S/C16H12O4S/c17-11-4-2-5-12(8-11)20-9-13-7-10-3-1-6-14(16(18)19)15(10)21-13/h1-8,17H,9H2,(H,18,19). The molecule has 0 aliphatic carbocycles. The molecule has 3 aromatic rings. The zero-order chi connectivity index (χ0) is 14.8. The molecule has 5 heteroatoms. The molecule has 0 aliphatic heterocycles. The molecule has 0 atom stereocenters. The van der Waals surface area contributed by atoms with Gasteiger partial charge in [-0.05, 0) is 29.7 Å². The van der Waals surface area contributed by atoms with E-state index in [1.807, 2.05) is 12.1 Å². The number of fused-ring (bicyclic) bond motifs is 1. The molecule has 3 rings (SSSR count). The van der Waals surface area contributed by atoms with Gasteiger partial charge in [0, 0.05) is 15.6 Å². The van der Waals surface area contributed by atoms with E-state index < -0.39 is 5.97 Å². The summed E-state index contributed by atoms with van der Waals surface area (Å²) in [5.74, 6) is -0.203. The summed E-state index contributed by atoms with van der Waals surface area (Å²) in [6.07, 6.45) is 0. The second-order valence-corrected chi connectivity index (χ2v) is 5.66. The molecule has 0 saturated carbocycles. The van der Waals surface area contributed by atoms with E-state index in [-0.39, 0.29) is 5.75 Å². The maximum atomic E-state index is 11.2. The summed E-state index contributed by atoms with van der Waals surface area (Å²) in [7, 11) is 0. The van der Waals surface area contributed by atoms with Gasteiger partial charge in [-0.2, -0.15) is 0 Å². The van der Waals surface area contributed by atoms with Gasteiger partial charge in [0.15, 0.2) is 0 Å². The highest BCUT2D eigenvalue weighted by molar-refractivity contribution is 7.19. The average molecular weight is 300 g/mol. The summed E-state index contributed by atoms with van der Waals surface area (Å²) in [6, 6.07) is 13.7. The minimum absolute atomic E-state index is 0.150. The van der Waals surface area contributed by atoms with Crippen molar-refractivity contribution in [3.8, 4) is 11.5 Å². The van der Waals surface area contributed by atoms with Crippen LogP contribution in [0.15, 0.2) is 48.5 Å². The van der Waals surface area contributed by atoms with E-state index in [1.54, 1.807) is 30.3 Å². The van der Waals surface area contributed by atoms with E-state index in [1.165, 1.54) is 17.4 Å². The topological polar surface area (TPSA) is 66.8 Å². The molecule has 0 amide bonds. The maximum absolute atomic E-state index is 11.2. The highest BCUT2D eigenvalue weighted by atomic mass is 32.1. The van der Waals surface area contributed by atoms with Crippen LogP contribution in [0.1, 0.15) is 15.2 Å². The normalized spacial score (nSPS) is 10.7. The smallest absolute Gasteiger partial charge is 0.337 e. The van der Waals surface area contributed by atoms with E-state index in [0.29, 0.717) is 17.9 Å². The number of carboxylic acid groups (broad SMARTS) is 1. The van der Waals surface area contributed by atoms with Crippen LogP contribution in [0.25, 0.3) is 10.1 Å². The fourth-order valence-corrected chi connectivity index (χ4v) is 3.16. The predicted molar refractivity (Wildman–Crippen MR) is 81.2 cm³/mol. The van der Waals surface area contributed by atoms with Crippen LogP contribution in [0.4, 0.5) is 0 Å². The third-order valence-corrected chi connectivity index (χ3v) is 4.18. The quantitative estimate of drug-likeness (QED) is 0.767. The molecular formula is C16H12O4S. The number of carboxylic acids is 1. The Morgan fingerprint density at radius 1 is 1.14 bits per heavy atom. The summed E-state index contributed by atoms with van der Waals surface area (Å²) in [6.45, 7) is 0.335. The first-order valence-electron chi connectivity index (χ1n) is 6.30. The number of hydrogen-bond acceptors (Lipinski definition) is 4. The second kappa shape index (κ2) is 5.46. The summed E-state index contributed by atoms with van der Waals surface area (Å²) in [5, 5.41) is 19.5. The number of benzene rings is 2. The van der Waals surface area contributed by atoms with Gasteiger partial charge in [0.1, 0.15) is 18.1 Å². The number of ether oxygens (including phenoxy) is 1. The number of carbonyl (C=O) groups is 1. The molecular weight excluding hydrogens is 288 g/mol. The van der Waals surface area contributed by atoms with Crippen molar-refractivity contribution in [2.45, 2.75) is 6.61 Å². The van der Waals surface area contributed by atoms with Crippen molar-refractivity contribution in [1.82, 2.24) is 0 Å². The van der Waals surface area contributed by atoms with E-state index in [9.17, 15) is 15.0 Å². The molecule has 1 aromatic heterocycles. The number of rotatable bonds is 4. The minimum Gasteiger partial charge on any atom is -0.508 e. The van der Waals surface area contributed by atoms with Crippen molar-refractivity contribution in [3.05, 3.63) is 59.0 Å². The number of phenolic OH excluding ortho intramolecular Hbond substituents is 1. The lowest BCUT2D eigenvalue weighted by Crippen LogP contribution is -1.94. The zero-order valence-corrected chi connectivity index (χ0v) is 11.8. The Kier molecular flexibility index (Phi) is 3.50. The minimum atomic E-state index is -0.928. The van der Waals surface area contributed by atoms with Crippen LogP contribution >= 0.6 is 11.3 Å². The Hall–Kier alpha value is -2.53. The molecule has 0 bridgehead atoms. The van der Waals surface area contributed by atoms with Crippen molar-refractivity contribution >= 4 is 27.4 Å². The van der Waals surface area contributed by atoms with Gasteiger partial charge in [-0.3, -0.25) is 0 Å². The Balaban J connectivity index is 1.85. The van der Waals surface area contributed by atoms with Gasteiger partial charge in [0.05, 0.1) is 5.56 Å². The molecule has 2 N–H and O–H groups in total. The van der Waals surface area contributed by atoms with Crippen LogP contribution in [0.5, 0.6) is 11.5 Å². The Morgan fingerprint density at radius 2 is 1.95 bits per heavy atom. The van der Waals surface area contributed by atoms with Crippen LogP contribution in [-0.4, -0.2) is 16.2 Å². The van der Waals surface area contributed by atoms with Crippen molar-refractivity contribution < 1.29 is 19.7 Å². The fraction of sp³-hybridized carbons (Fsp3) is 0.0625. The van der Waals surface area contributed by atoms with E-state index in [0.717, 1.165) is 15.0 Å². The summed E-state index contributed by atoms with van der Waals surface area (Å²) < 4.78 is 6.36. The molecule has 0 aliphatic rings. The first-order chi connectivity index (χ1) is 10.1. The van der Waals surface area contributed by atoms with Crippen molar-refractivity contribution in [3.63, 3.8) is 0 Å². The SMILES string of the molecule is O=C(O)c1cccc2cc(COc3cccc(O)c3)sc12. The summed E-state index contributed by atoms with van der Waals surface area (Å²) >= 11 is 1.41. The molecule has 4 nitrogen and oxygen atoms in total. The largest absolute Gasteiger partial charge is 0.508 e. The van der Waals surface area contributed by atoms with Crippen LogP contribution in [0, 0.1) is 0 Å². The van der Waals surface area contributed by atoms with Gasteiger partial charge in [-0.15, -0.1) is 11.3 Å². The summed E-state index contributed by atoms with van der Waals surface area (Å²) in [4.78, 5) is 12.1. The number of thiophene rings is 1. The van der Waals surface area contributed by atoms with Gasteiger partial charge in [-0.25, -0.2) is 4.79 Å². The van der Waals surface area contributed by atoms with Gasteiger partial charge >= 0.3 is 5.97 Å². The Bertz CT molecular complexity index is 807. The van der Waals surface area contributed by atoms with Gasteiger partial charge in [0.2, 0.25) is 0 Å². The third kappa shape index (κ3) is 2.83. The van der Waals surface area contributed by atoms with Gasteiger partial charge in [0.25, 0.3) is 0 Å². The molecule has 0 saturated heterocycles. The number of aromatic carboxylic acids is 1. The van der Waals surface area contributed by atoms with E-state index in [2.05, 4.69) is 0 Å². The van der Waals surface area contributed by atoms with Crippen molar-refractivity contribution in [2.24, 2.45) is 0 Å². The van der Waals surface area contributed by atoms with Crippen LogP contribution < -0.4 is 4.74 Å². The highest BCUT2D eigenvalue weighted by Crippen LogP contribution is 2.30. The monoisotopic (exact) mass is 300 g/mol. The summed E-state index contributed by atoms with van der Waals surface area (Å²) in [5.41, 5.74) is 0.307. The molecule has 0 spiro atoms. The molecule has 2 aromatic carbocycles. The zero-order valence-electron chi connectivity index (χ0n) is 10.9. The molecule has 0 unspecified atom stereocenters. The Labute approximate surface area is 124 Å². The number of hydrogen-bond donors (Lipinski definition) is 2. The maximum Gasteiger partial charge on any atom is 0.337 e. The average Bonchev–Trinajstić information content (AvgIpc) is 2.87. The second-order valence-electron chi connectivity index (χ2n) is 4.53. The van der Waals surface area contributed by atoms with Crippen LogP contribution in [-0.2, 0) is 6.61 Å². The first kappa shape index (κ1) is 13.5. The van der Waals surface area contributed by atoms with E-state index in [4.69, 9.17) is 4.74 Å². The van der Waals surface area contributed by atoms with Crippen LogP contribution in [0.3, 0.4) is 0 Å². The lowest BCUT2D eigenvalue weighted by Gasteiger charge is -2.04. The lowest BCUT2D eigenvalue weighted by atomic mass is 10.1. The van der Waals surface area contributed by atoms with Gasteiger partial charge in [-0.1, -0.05) is 18.2 Å². The van der Waals surface area contributed by atoms with Crippen molar-refractivity contribution in [2.75, 3.05) is 0 Å². The van der Waals surface area contributed by atoms with Crippen LogP contribution in [0.2, 0.25) is 0 Å². The van der Waals surface area contributed by atoms with Gasteiger partial charge < -0.3 is 14.9 Å². The highest BCUT2D eigenvalue weighted by Gasteiger charge is 2.11. The third-order valence-electron chi connectivity index (χ3n) is 3.02. The molecule has 1 heterocycles. The molecule has 0 radical (unpaired) electrons. The Morgan fingerprint density at radius 3 is 2.71 bits per heavy atom. The van der Waals surface area contributed by atoms with Crippen molar-refractivity contribution in [1.29, 1.82) is 0 Å². The fourth-order valence-electron chi connectivity index (χ4n) is 2.08. The molecule has 0 fully saturated rings.